The first kappa shape index (κ1) is 21.1. The van der Waals surface area contributed by atoms with E-state index in [2.05, 4.69) is 29.6 Å². The molecule has 1 aliphatic carbocycles. The fraction of sp³-hybridized carbons (Fsp3) is 0.696. The molecule has 30 heavy (non-hydrogen) atoms. The van der Waals surface area contributed by atoms with E-state index in [0.29, 0.717) is 12.6 Å². The van der Waals surface area contributed by atoms with Gasteiger partial charge in [0, 0.05) is 49.5 Å². The van der Waals surface area contributed by atoms with Gasteiger partial charge in [-0.3, -0.25) is 4.79 Å². The SMILES string of the molecule is CCc1nc2c(cnn2CC)c(NC2CCOCC2)c1CNC(=O)C1CCCCC1. The highest BCUT2D eigenvalue weighted by atomic mass is 16.5. The topological polar surface area (TPSA) is 81.1 Å². The number of ether oxygens (including phenoxy) is 1. The third-order valence-electron chi connectivity index (χ3n) is 6.59. The van der Waals surface area contributed by atoms with Crippen molar-refractivity contribution in [1.29, 1.82) is 0 Å². The Kier molecular flexibility index (Phi) is 6.87. The molecule has 2 aromatic rings. The first-order valence-corrected chi connectivity index (χ1v) is 11.7. The summed E-state index contributed by atoms with van der Waals surface area (Å²) in [6, 6.07) is 0.367. The molecule has 0 aromatic carbocycles. The number of nitrogens with zero attached hydrogens (tertiary/aromatic N) is 3. The zero-order chi connectivity index (χ0) is 20.9. The summed E-state index contributed by atoms with van der Waals surface area (Å²) in [7, 11) is 0. The van der Waals surface area contributed by atoms with E-state index >= 15 is 0 Å². The monoisotopic (exact) mass is 413 g/mol. The molecule has 164 valence electrons. The molecular weight excluding hydrogens is 378 g/mol. The number of pyridine rings is 1. The van der Waals surface area contributed by atoms with Crippen molar-refractivity contribution >= 4 is 22.6 Å². The number of hydrogen-bond donors (Lipinski definition) is 2. The maximum absolute atomic E-state index is 12.8. The Morgan fingerprint density at radius 2 is 1.93 bits per heavy atom. The van der Waals surface area contributed by atoms with Crippen molar-refractivity contribution in [3.8, 4) is 0 Å². The molecule has 0 radical (unpaired) electrons. The van der Waals surface area contributed by atoms with Crippen LogP contribution in [-0.2, 0) is 29.0 Å². The maximum Gasteiger partial charge on any atom is 0.223 e. The summed E-state index contributed by atoms with van der Waals surface area (Å²) in [4.78, 5) is 17.8. The van der Waals surface area contributed by atoms with Gasteiger partial charge in [-0.25, -0.2) is 9.67 Å². The fourth-order valence-electron chi connectivity index (χ4n) is 4.79. The number of anilines is 1. The summed E-state index contributed by atoms with van der Waals surface area (Å²) in [5, 5.41) is 12.6. The summed E-state index contributed by atoms with van der Waals surface area (Å²) in [5.74, 6) is 0.355. The van der Waals surface area contributed by atoms with Gasteiger partial charge in [-0.05, 0) is 39.0 Å². The first-order valence-electron chi connectivity index (χ1n) is 11.7. The van der Waals surface area contributed by atoms with E-state index in [1.807, 2.05) is 10.9 Å². The van der Waals surface area contributed by atoms with E-state index in [0.717, 1.165) is 79.8 Å². The second kappa shape index (κ2) is 9.77. The predicted octanol–water partition coefficient (Wildman–Crippen LogP) is 3.80. The molecular formula is C23H35N5O2. The minimum atomic E-state index is 0.162. The van der Waals surface area contributed by atoms with Crippen molar-refractivity contribution in [3.63, 3.8) is 0 Å². The number of aromatic nitrogens is 3. The molecule has 0 bridgehead atoms. The molecule has 1 amide bonds. The number of hydrogen-bond acceptors (Lipinski definition) is 5. The van der Waals surface area contributed by atoms with Crippen molar-refractivity contribution in [2.45, 2.75) is 84.3 Å². The van der Waals surface area contributed by atoms with Crippen LogP contribution in [0.4, 0.5) is 5.69 Å². The standard InChI is InChI=1S/C23H35N5O2/c1-3-20-18(14-24-23(29)16-8-6-5-7-9-16)21(26-17-10-12-30-13-11-17)19-15-25-28(4-2)22(19)27-20/h15-17H,3-14H2,1-2H3,(H,24,29)(H,26,27). The average Bonchev–Trinajstić information content (AvgIpc) is 3.22. The molecule has 2 aromatic heterocycles. The lowest BCUT2D eigenvalue weighted by molar-refractivity contribution is -0.126. The summed E-state index contributed by atoms with van der Waals surface area (Å²) < 4.78 is 7.49. The van der Waals surface area contributed by atoms with Crippen LogP contribution >= 0.6 is 0 Å². The Morgan fingerprint density at radius 1 is 1.17 bits per heavy atom. The number of amides is 1. The van der Waals surface area contributed by atoms with Gasteiger partial charge in [0.05, 0.1) is 17.3 Å². The highest BCUT2D eigenvalue weighted by molar-refractivity contribution is 5.92. The molecule has 0 unspecified atom stereocenters. The van der Waals surface area contributed by atoms with Crippen molar-refractivity contribution in [2.24, 2.45) is 5.92 Å². The van der Waals surface area contributed by atoms with Crippen molar-refractivity contribution in [3.05, 3.63) is 17.5 Å². The number of carbonyl (C=O) groups excluding carboxylic acids is 1. The quantitative estimate of drug-likeness (QED) is 0.722. The Morgan fingerprint density at radius 3 is 2.63 bits per heavy atom. The molecule has 1 aliphatic heterocycles. The molecule has 0 spiro atoms. The lowest BCUT2D eigenvalue weighted by Crippen LogP contribution is -2.33. The summed E-state index contributed by atoms with van der Waals surface area (Å²) in [6.07, 6.45) is 10.3. The highest BCUT2D eigenvalue weighted by Gasteiger charge is 2.24. The Hall–Kier alpha value is -2.15. The van der Waals surface area contributed by atoms with Crippen LogP contribution < -0.4 is 10.6 Å². The number of fused-ring (bicyclic) bond motifs is 1. The van der Waals surface area contributed by atoms with Crippen LogP contribution in [0.3, 0.4) is 0 Å². The molecule has 0 atom stereocenters. The molecule has 1 saturated heterocycles. The average molecular weight is 414 g/mol. The van der Waals surface area contributed by atoms with E-state index in [9.17, 15) is 4.79 Å². The first-order chi connectivity index (χ1) is 14.7. The van der Waals surface area contributed by atoms with Gasteiger partial charge in [0.25, 0.3) is 0 Å². The van der Waals surface area contributed by atoms with Crippen LogP contribution in [0.1, 0.15) is 70.1 Å². The van der Waals surface area contributed by atoms with Gasteiger partial charge < -0.3 is 15.4 Å². The van der Waals surface area contributed by atoms with Gasteiger partial charge in [-0.15, -0.1) is 0 Å². The molecule has 2 aliphatic rings. The lowest BCUT2D eigenvalue weighted by atomic mass is 9.88. The predicted molar refractivity (Wildman–Crippen MR) is 118 cm³/mol. The van der Waals surface area contributed by atoms with Gasteiger partial charge >= 0.3 is 0 Å². The molecule has 4 rings (SSSR count). The van der Waals surface area contributed by atoms with Crippen LogP contribution in [-0.4, -0.2) is 39.9 Å². The van der Waals surface area contributed by atoms with Gasteiger partial charge in [0.1, 0.15) is 0 Å². The maximum atomic E-state index is 12.8. The second-order valence-electron chi connectivity index (χ2n) is 8.55. The van der Waals surface area contributed by atoms with E-state index in [1.54, 1.807) is 0 Å². The van der Waals surface area contributed by atoms with Crippen LogP contribution in [0.5, 0.6) is 0 Å². The third-order valence-corrected chi connectivity index (χ3v) is 6.59. The summed E-state index contributed by atoms with van der Waals surface area (Å²) in [5.41, 5.74) is 4.16. The highest BCUT2D eigenvalue weighted by Crippen LogP contribution is 2.31. The normalized spacial score (nSPS) is 18.6. The molecule has 7 heteroatoms. The van der Waals surface area contributed by atoms with Crippen molar-refractivity contribution in [1.82, 2.24) is 20.1 Å². The minimum Gasteiger partial charge on any atom is -0.381 e. The molecule has 1 saturated carbocycles. The molecule has 2 fully saturated rings. The summed E-state index contributed by atoms with van der Waals surface area (Å²) >= 11 is 0. The number of carbonyl (C=O) groups is 1. The van der Waals surface area contributed by atoms with Gasteiger partial charge in [-0.1, -0.05) is 26.2 Å². The number of rotatable bonds is 7. The molecule has 2 N–H and O–H groups in total. The second-order valence-corrected chi connectivity index (χ2v) is 8.55. The van der Waals surface area contributed by atoms with Crippen molar-refractivity contribution < 1.29 is 9.53 Å². The van der Waals surface area contributed by atoms with Crippen LogP contribution in [0.25, 0.3) is 11.0 Å². The lowest BCUT2D eigenvalue weighted by Gasteiger charge is -2.27. The van der Waals surface area contributed by atoms with E-state index in [-0.39, 0.29) is 11.8 Å². The van der Waals surface area contributed by atoms with Crippen LogP contribution in [0.15, 0.2) is 6.20 Å². The smallest absolute Gasteiger partial charge is 0.223 e. The Balaban J connectivity index is 1.64. The molecule has 7 nitrogen and oxygen atoms in total. The zero-order valence-corrected chi connectivity index (χ0v) is 18.4. The van der Waals surface area contributed by atoms with Gasteiger partial charge in [0.15, 0.2) is 5.65 Å². The largest absolute Gasteiger partial charge is 0.381 e. The zero-order valence-electron chi connectivity index (χ0n) is 18.4. The van der Waals surface area contributed by atoms with E-state index < -0.39 is 0 Å². The molecule has 3 heterocycles. The van der Waals surface area contributed by atoms with Gasteiger partial charge in [0.2, 0.25) is 5.91 Å². The Labute approximate surface area is 179 Å². The Bertz CT molecular complexity index is 866. The van der Waals surface area contributed by atoms with Crippen molar-refractivity contribution in [2.75, 3.05) is 18.5 Å². The number of nitrogens with one attached hydrogen (secondary N) is 2. The fourth-order valence-corrected chi connectivity index (χ4v) is 4.79. The summed E-state index contributed by atoms with van der Waals surface area (Å²) in [6.45, 7) is 7.09. The van der Waals surface area contributed by atoms with Crippen LogP contribution in [0.2, 0.25) is 0 Å². The minimum absolute atomic E-state index is 0.162. The van der Waals surface area contributed by atoms with Crippen LogP contribution in [0, 0.1) is 5.92 Å². The number of aryl methyl sites for hydroxylation is 2. The third kappa shape index (κ3) is 4.46. The van der Waals surface area contributed by atoms with Gasteiger partial charge in [-0.2, -0.15) is 5.10 Å². The van der Waals surface area contributed by atoms with E-state index in [1.165, 1.54) is 19.3 Å². The van der Waals surface area contributed by atoms with E-state index in [4.69, 9.17) is 9.72 Å².